The largest absolute Gasteiger partial charge is 0.315 e. The molecule has 2 heteroatoms. The first kappa shape index (κ1) is 13.3. The molecule has 0 aliphatic carbocycles. The Bertz CT molecular complexity index is 629. The lowest BCUT2D eigenvalue weighted by Gasteiger charge is -2.44. The molecule has 20 heavy (non-hydrogen) atoms. The highest BCUT2D eigenvalue weighted by Gasteiger charge is 2.39. The third-order valence-corrected chi connectivity index (χ3v) is 4.48. The quantitative estimate of drug-likeness (QED) is 0.899. The highest BCUT2D eigenvalue weighted by molar-refractivity contribution is 5.40. The van der Waals surface area contributed by atoms with Crippen molar-refractivity contribution in [1.29, 1.82) is 0 Å². The molecule has 1 N–H and O–H groups in total. The highest BCUT2D eigenvalue weighted by Crippen LogP contribution is 2.35. The van der Waals surface area contributed by atoms with Crippen molar-refractivity contribution in [3.8, 4) is 0 Å². The second kappa shape index (κ2) is 5.02. The SMILES string of the molecule is Cc1cc(F)ccc1CC1(c2ccccc2C)CNC1. The van der Waals surface area contributed by atoms with E-state index >= 15 is 0 Å². The molecule has 0 amide bonds. The van der Waals surface area contributed by atoms with Crippen LogP contribution in [0.2, 0.25) is 0 Å². The van der Waals surface area contributed by atoms with Crippen LogP contribution in [0.1, 0.15) is 22.3 Å². The van der Waals surface area contributed by atoms with Crippen LogP contribution in [0, 0.1) is 19.7 Å². The van der Waals surface area contributed by atoms with Crippen molar-refractivity contribution in [3.05, 3.63) is 70.5 Å². The highest BCUT2D eigenvalue weighted by atomic mass is 19.1. The van der Waals surface area contributed by atoms with E-state index in [-0.39, 0.29) is 11.2 Å². The first-order valence-corrected chi connectivity index (χ1v) is 7.13. The summed E-state index contributed by atoms with van der Waals surface area (Å²) in [6.07, 6.45) is 0.969. The Kier molecular flexibility index (Phi) is 3.35. The van der Waals surface area contributed by atoms with E-state index in [1.807, 2.05) is 13.0 Å². The van der Waals surface area contributed by atoms with E-state index in [1.165, 1.54) is 16.7 Å². The van der Waals surface area contributed by atoms with E-state index in [4.69, 9.17) is 0 Å². The van der Waals surface area contributed by atoms with Crippen LogP contribution in [0.25, 0.3) is 0 Å². The fraction of sp³-hybridized carbons (Fsp3) is 0.333. The molecule has 2 aromatic carbocycles. The Morgan fingerprint density at radius 2 is 1.80 bits per heavy atom. The predicted molar refractivity (Wildman–Crippen MR) is 80.6 cm³/mol. The van der Waals surface area contributed by atoms with Crippen molar-refractivity contribution in [2.45, 2.75) is 25.7 Å². The molecule has 0 radical (unpaired) electrons. The average Bonchev–Trinajstić information content (AvgIpc) is 2.37. The van der Waals surface area contributed by atoms with E-state index in [2.05, 4.69) is 36.5 Å². The van der Waals surface area contributed by atoms with Gasteiger partial charge in [0.25, 0.3) is 0 Å². The molecule has 0 unspecified atom stereocenters. The summed E-state index contributed by atoms with van der Waals surface area (Å²) >= 11 is 0. The van der Waals surface area contributed by atoms with Gasteiger partial charge in [-0.05, 0) is 54.7 Å². The summed E-state index contributed by atoms with van der Waals surface area (Å²) in [6, 6.07) is 13.7. The number of halogens is 1. The molecule has 0 aromatic heterocycles. The summed E-state index contributed by atoms with van der Waals surface area (Å²) in [6.45, 7) is 6.16. The zero-order valence-corrected chi connectivity index (χ0v) is 12.0. The molecule has 0 saturated carbocycles. The van der Waals surface area contributed by atoms with Crippen LogP contribution in [0.3, 0.4) is 0 Å². The summed E-state index contributed by atoms with van der Waals surface area (Å²) < 4.78 is 13.3. The van der Waals surface area contributed by atoms with Crippen LogP contribution in [0.5, 0.6) is 0 Å². The van der Waals surface area contributed by atoms with E-state index in [0.29, 0.717) is 0 Å². The Labute approximate surface area is 119 Å². The Hall–Kier alpha value is -1.67. The number of benzene rings is 2. The summed E-state index contributed by atoms with van der Waals surface area (Å²) in [4.78, 5) is 0. The van der Waals surface area contributed by atoms with Gasteiger partial charge in [0, 0.05) is 18.5 Å². The van der Waals surface area contributed by atoms with E-state index in [0.717, 1.165) is 25.1 Å². The minimum absolute atomic E-state index is 0.150. The van der Waals surface area contributed by atoms with Gasteiger partial charge in [-0.2, -0.15) is 0 Å². The minimum Gasteiger partial charge on any atom is -0.315 e. The zero-order chi connectivity index (χ0) is 14.2. The van der Waals surface area contributed by atoms with Crippen LogP contribution in [0.15, 0.2) is 42.5 Å². The van der Waals surface area contributed by atoms with E-state index < -0.39 is 0 Å². The van der Waals surface area contributed by atoms with Gasteiger partial charge in [0.15, 0.2) is 0 Å². The van der Waals surface area contributed by atoms with Gasteiger partial charge >= 0.3 is 0 Å². The average molecular weight is 269 g/mol. The molecule has 0 spiro atoms. The molecule has 1 aliphatic rings. The Morgan fingerprint density at radius 3 is 2.40 bits per heavy atom. The van der Waals surface area contributed by atoms with E-state index in [9.17, 15) is 4.39 Å². The summed E-state index contributed by atoms with van der Waals surface area (Å²) in [7, 11) is 0. The van der Waals surface area contributed by atoms with Gasteiger partial charge in [-0.15, -0.1) is 0 Å². The predicted octanol–water partition coefficient (Wildman–Crippen LogP) is 3.53. The van der Waals surface area contributed by atoms with Crippen molar-refractivity contribution in [2.24, 2.45) is 0 Å². The van der Waals surface area contributed by atoms with Gasteiger partial charge < -0.3 is 5.32 Å². The standard InChI is InChI=1S/C18H20FN/c1-13-5-3-4-6-17(13)18(11-20-12-18)10-15-7-8-16(19)9-14(15)2/h3-9,20H,10-12H2,1-2H3. The molecule has 2 aromatic rings. The Morgan fingerprint density at radius 1 is 1.05 bits per heavy atom. The zero-order valence-electron chi connectivity index (χ0n) is 12.0. The number of rotatable bonds is 3. The number of hydrogen-bond donors (Lipinski definition) is 1. The van der Waals surface area contributed by atoms with Crippen LogP contribution < -0.4 is 5.32 Å². The minimum atomic E-state index is -0.150. The second-order valence-electron chi connectivity index (χ2n) is 5.95. The van der Waals surface area contributed by atoms with Crippen molar-refractivity contribution in [3.63, 3.8) is 0 Å². The number of nitrogens with one attached hydrogen (secondary N) is 1. The van der Waals surface area contributed by atoms with Gasteiger partial charge in [0.1, 0.15) is 5.82 Å². The van der Waals surface area contributed by atoms with Crippen molar-refractivity contribution in [2.75, 3.05) is 13.1 Å². The third-order valence-electron chi connectivity index (χ3n) is 4.48. The lowest BCUT2D eigenvalue weighted by Crippen LogP contribution is -2.58. The normalized spacial score (nSPS) is 16.8. The molecule has 3 rings (SSSR count). The molecular weight excluding hydrogens is 249 g/mol. The third kappa shape index (κ3) is 2.25. The molecule has 1 nitrogen and oxygen atoms in total. The van der Waals surface area contributed by atoms with Crippen molar-refractivity contribution < 1.29 is 4.39 Å². The van der Waals surface area contributed by atoms with E-state index in [1.54, 1.807) is 12.1 Å². The first-order valence-electron chi connectivity index (χ1n) is 7.13. The first-order chi connectivity index (χ1) is 9.61. The number of aryl methyl sites for hydroxylation is 2. The molecular formula is C18H20FN. The molecule has 1 fully saturated rings. The van der Waals surface area contributed by atoms with Crippen LogP contribution >= 0.6 is 0 Å². The second-order valence-corrected chi connectivity index (χ2v) is 5.95. The maximum Gasteiger partial charge on any atom is 0.123 e. The maximum absolute atomic E-state index is 13.3. The number of hydrogen-bond acceptors (Lipinski definition) is 1. The lowest BCUT2D eigenvalue weighted by atomic mass is 9.69. The van der Waals surface area contributed by atoms with Crippen LogP contribution in [-0.4, -0.2) is 13.1 Å². The van der Waals surface area contributed by atoms with Crippen LogP contribution in [0.4, 0.5) is 4.39 Å². The fourth-order valence-electron chi connectivity index (χ4n) is 3.23. The molecule has 1 saturated heterocycles. The van der Waals surface area contributed by atoms with Gasteiger partial charge in [-0.1, -0.05) is 30.3 Å². The molecule has 1 heterocycles. The van der Waals surface area contributed by atoms with Crippen molar-refractivity contribution in [1.82, 2.24) is 5.32 Å². The molecule has 104 valence electrons. The smallest absolute Gasteiger partial charge is 0.123 e. The summed E-state index contributed by atoms with van der Waals surface area (Å²) in [5.74, 6) is -0.150. The van der Waals surface area contributed by atoms with Gasteiger partial charge in [-0.25, -0.2) is 4.39 Å². The fourth-order valence-corrected chi connectivity index (χ4v) is 3.23. The molecule has 0 atom stereocenters. The monoisotopic (exact) mass is 269 g/mol. The lowest BCUT2D eigenvalue weighted by molar-refractivity contribution is 0.273. The molecule has 0 bridgehead atoms. The van der Waals surface area contributed by atoms with Gasteiger partial charge in [0.05, 0.1) is 0 Å². The van der Waals surface area contributed by atoms with Crippen molar-refractivity contribution >= 4 is 0 Å². The summed E-state index contributed by atoms with van der Waals surface area (Å²) in [5.41, 5.74) is 5.21. The van der Waals surface area contributed by atoms with Gasteiger partial charge in [0.2, 0.25) is 0 Å². The Balaban J connectivity index is 1.96. The van der Waals surface area contributed by atoms with Gasteiger partial charge in [-0.3, -0.25) is 0 Å². The topological polar surface area (TPSA) is 12.0 Å². The van der Waals surface area contributed by atoms with Crippen LogP contribution in [-0.2, 0) is 11.8 Å². The molecule has 1 aliphatic heterocycles. The summed E-state index contributed by atoms with van der Waals surface area (Å²) in [5, 5.41) is 3.40. The maximum atomic E-state index is 13.3.